The average Bonchev–Trinajstić information content (AvgIpc) is 2.27. The van der Waals surface area contributed by atoms with Crippen LogP contribution in [0.2, 0.25) is 0 Å². The summed E-state index contributed by atoms with van der Waals surface area (Å²) in [7, 11) is 0. The zero-order valence-corrected chi connectivity index (χ0v) is 11.3. The Hall–Kier alpha value is -0.590. The maximum absolute atomic E-state index is 12.7. The van der Waals surface area contributed by atoms with Crippen LogP contribution < -0.4 is 0 Å². The first kappa shape index (κ1) is 15.5. The summed E-state index contributed by atoms with van der Waals surface area (Å²) in [6.45, 7) is 1.29. The molecule has 0 fully saturated rings. The van der Waals surface area contributed by atoms with Gasteiger partial charge in [-0.15, -0.1) is 0 Å². The van der Waals surface area contributed by atoms with E-state index in [1.807, 2.05) is 0 Å². The molecule has 2 N–H and O–H groups in total. The molecule has 0 amide bonds. The maximum Gasteiger partial charge on any atom is 0.416 e. The Labute approximate surface area is 112 Å². The Morgan fingerprint density at radius 3 is 2.39 bits per heavy atom. The van der Waals surface area contributed by atoms with Gasteiger partial charge < -0.3 is 10.2 Å². The van der Waals surface area contributed by atoms with E-state index < -0.39 is 23.9 Å². The predicted octanol–water partition coefficient (Wildman–Crippen LogP) is 3.19. The van der Waals surface area contributed by atoms with Gasteiger partial charge in [0.15, 0.2) is 0 Å². The number of benzene rings is 1. The monoisotopic (exact) mass is 326 g/mol. The molecule has 18 heavy (non-hydrogen) atoms. The molecule has 2 atom stereocenters. The van der Waals surface area contributed by atoms with Crippen LogP contribution in [0.1, 0.15) is 29.2 Å². The molecule has 0 radical (unpaired) electrons. The Kier molecular flexibility index (Phi) is 5.19. The minimum absolute atomic E-state index is 0.0499. The van der Waals surface area contributed by atoms with Crippen LogP contribution in [0.15, 0.2) is 18.2 Å². The van der Waals surface area contributed by atoms with Gasteiger partial charge in [0.05, 0.1) is 11.7 Å². The van der Waals surface area contributed by atoms with E-state index in [-0.39, 0.29) is 17.5 Å². The zero-order chi connectivity index (χ0) is 13.9. The SMILES string of the molecule is Cc1c(C(O)C(O)CCBr)cccc1C(F)(F)F. The molecule has 1 aromatic rings. The van der Waals surface area contributed by atoms with Crippen molar-refractivity contribution in [2.45, 2.75) is 31.7 Å². The average molecular weight is 327 g/mol. The Bertz CT molecular complexity index is 407. The number of halogens is 4. The van der Waals surface area contributed by atoms with E-state index in [4.69, 9.17) is 0 Å². The van der Waals surface area contributed by atoms with Crippen LogP contribution in [0.4, 0.5) is 13.2 Å². The molecule has 0 aromatic heterocycles. The third-order valence-corrected chi connectivity index (χ3v) is 3.23. The topological polar surface area (TPSA) is 40.5 Å². The highest BCUT2D eigenvalue weighted by Crippen LogP contribution is 2.35. The van der Waals surface area contributed by atoms with Crippen molar-refractivity contribution in [2.24, 2.45) is 0 Å². The number of hydrogen-bond acceptors (Lipinski definition) is 2. The normalized spacial score (nSPS) is 15.5. The Morgan fingerprint density at radius 1 is 1.28 bits per heavy atom. The predicted molar refractivity (Wildman–Crippen MR) is 65.6 cm³/mol. The summed E-state index contributed by atoms with van der Waals surface area (Å²) in [5.74, 6) is 0. The van der Waals surface area contributed by atoms with Crippen molar-refractivity contribution in [2.75, 3.05) is 5.33 Å². The van der Waals surface area contributed by atoms with Gasteiger partial charge in [-0.1, -0.05) is 28.1 Å². The standard InChI is InChI=1S/C12H14BrF3O2/c1-7-8(11(18)10(17)5-6-13)3-2-4-9(7)12(14,15)16/h2-4,10-11,17-18H,5-6H2,1H3. The van der Waals surface area contributed by atoms with Crippen molar-refractivity contribution in [3.63, 3.8) is 0 Å². The largest absolute Gasteiger partial charge is 0.416 e. The van der Waals surface area contributed by atoms with Gasteiger partial charge in [0.2, 0.25) is 0 Å². The smallest absolute Gasteiger partial charge is 0.390 e. The summed E-state index contributed by atoms with van der Waals surface area (Å²) in [5.41, 5.74) is -0.727. The van der Waals surface area contributed by atoms with Gasteiger partial charge in [0.25, 0.3) is 0 Å². The van der Waals surface area contributed by atoms with Crippen molar-refractivity contribution in [3.8, 4) is 0 Å². The minimum Gasteiger partial charge on any atom is -0.390 e. The van der Waals surface area contributed by atoms with Gasteiger partial charge in [-0.2, -0.15) is 13.2 Å². The molecule has 0 aliphatic heterocycles. The Morgan fingerprint density at radius 2 is 1.89 bits per heavy atom. The molecule has 0 aliphatic carbocycles. The number of alkyl halides is 4. The third kappa shape index (κ3) is 3.46. The van der Waals surface area contributed by atoms with Crippen LogP contribution in [0.5, 0.6) is 0 Å². The number of hydrogen-bond donors (Lipinski definition) is 2. The lowest BCUT2D eigenvalue weighted by atomic mass is 9.94. The highest BCUT2D eigenvalue weighted by Gasteiger charge is 2.34. The van der Waals surface area contributed by atoms with Crippen LogP contribution in [0, 0.1) is 6.92 Å². The molecule has 2 unspecified atom stereocenters. The molecule has 1 rings (SSSR count). The van der Waals surface area contributed by atoms with Crippen LogP contribution >= 0.6 is 15.9 Å². The molecular formula is C12H14BrF3O2. The Balaban J connectivity index is 3.11. The highest BCUT2D eigenvalue weighted by molar-refractivity contribution is 9.09. The molecule has 1 aromatic carbocycles. The third-order valence-electron chi connectivity index (χ3n) is 2.77. The van der Waals surface area contributed by atoms with Gasteiger partial charge in [-0.25, -0.2) is 0 Å². The lowest BCUT2D eigenvalue weighted by Gasteiger charge is -2.21. The molecular weight excluding hydrogens is 313 g/mol. The van der Waals surface area contributed by atoms with E-state index in [0.717, 1.165) is 6.07 Å². The quantitative estimate of drug-likeness (QED) is 0.834. The molecule has 102 valence electrons. The lowest BCUT2D eigenvalue weighted by Crippen LogP contribution is -2.20. The number of rotatable bonds is 4. The molecule has 0 bridgehead atoms. The van der Waals surface area contributed by atoms with Gasteiger partial charge in [-0.05, 0) is 30.5 Å². The van der Waals surface area contributed by atoms with Crippen molar-refractivity contribution in [1.29, 1.82) is 0 Å². The second-order valence-corrected chi connectivity index (χ2v) is 4.80. The van der Waals surface area contributed by atoms with Crippen molar-refractivity contribution in [1.82, 2.24) is 0 Å². The van der Waals surface area contributed by atoms with Gasteiger partial charge in [0.1, 0.15) is 6.10 Å². The summed E-state index contributed by atoms with van der Waals surface area (Å²) in [6, 6.07) is 3.59. The fourth-order valence-electron chi connectivity index (χ4n) is 1.76. The van der Waals surface area contributed by atoms with Crippen LogP contribution in [0.25, 0.3) is 0 Å². The second kappa shape index (κ2) is 6.04. The molecule has 6 heteroatoms. The van der Waals surface area contributed by atoms with E-state index in [0.29, 0.717) is 5.33 Å². The van der Waals surface area contributed by atoms with Gasteiger partial charge in [0, 0.05) is 5.33 Å². The highest BCUT2D eigenvalue weighted by atomic mass is 79.9. The minimum atomic E-state index is -4.46. The fraction of sp³-hybridized carbons (Fsp3) is 0.500. The van der Waals surface area contributed by atoms with Gasteiger partial charge >= 0.3 is 6.18 Å². The van der Waals surface area contributed by atoms with Crippen molar-refractivity contribution >= 4 is 15.9 Å². The van der Waals surface area contributed by atoms with Crippen molar-refractivity contribution in [3.05, 3.63) is 34.9 Å². The second-order valence-electron chi connectivity index (χ2n) is 4.01. The lowest BCUT2D eigenvalue weighted by molar-refractivity contribution is -0.138. The molecule has 0 aliphatic rings. The first-order chi connectivity index (χ1) is 8.29. The zero-order valence-electron chi connectivity index (χ0n) is 9.71. The molecule has 0 spiro atoms. The molecule has 2 nitrogen and oxygen atoms in total. The summed E-state index contributed by atoms with van der Waals surface area (Å²) in [4.78, 5) is 0. The summed E-state index contributed by atoms with van der Waals surface area (Å²) in [5, 5.41) is 19.9. The first-order valence-corrected chi connectivity index (χ1v) is 6.50. The van der Waals surface area contributed by atoms with E-state index in [1.165, 1.54) is 19.1 Å². The molecule has 0 saturated carbocycles. The van der Waals surface area contributed by atoms with Crippen LogP contribution in [-0.4, -0.2) is 21.6 Å². The van der Waals surface area contributed by atoms with Crippen LogP contribution in [-0.2, 0) is 6.18 Å². The summed E-state index contributed by atoms with van der Waals surface area (Å²) in [6.07, 6.45) is -6.60. The number of aliphatic hydroxyl groups excluding tert-OH is 2. The first-order valence-electron chi connectivity index (χ1n) is 5.37. The summed E-state index contributed by atoms with van der Waals surface area (Å²) >= 11 is 3.10. The van der Waals surface area contributed by atoms with Crippen LogP contribution in [0.3, 0.4) is 0 Å². The van der Waals surface area contributed by atoms with E-state index in [1.54, 1.807) is 0 Å². The molecule has 0 heterocycles. The van der Waals surface area contributed by atoms with E-state index in [2.05, 4.69) is 15.9 Å². The van der Waals surface area contributed by atoms with Gasteiger partial charge in [-0.3, -0.25) is 0 Å². The fourth-order valence-corrected chi connectivity index (χ4v) is 2.23. The van der Waals surface area contributed by atoms with E-state index >= 15 is 0 Å². The maximum atomic E-state index is 12.7. The number of aliphatic hydroxyl groups is 2. The summed E-state index contributed by atoms with van der Waals surface area (Å²) < 4.78 is 38.1. The van der Waals surface area contributed by atoms with Crippen molar-refractivity contribution < 1.29 is 23.4 Å². The van der Waals surface area contributed by atoms with E-state index in [9.17, 15) is 23.4 Å². The molecule has 0 saturated heterocycles.